The lowest BCUT2D eigenvalue weighted by Gasteiger charge is -2.04. The highest BCUT2D eigenvalue weighted by atomic mass is 16.5. The van der Waals surface area contributed by atoms with Crippen LogP contribution < -0.4 is 4.74 Å². The van der Waals surface area contributed by atoms with Gasteiger partial charge in [-0.25, -0.2) is 4.98 Å². The lowest BCUT2D eigenvalue weighted by molar-refractivity contribution is -0.131. The summed E-state index contributed by atoms with van der Waals surface area (Å²) >= 11 is 0. The average Bonchev–Trinajstić information content (AvgIpc) is 2.53. The van der Waals surface area contributed by atoms with E-state index in [0.29, 0.717) is 5.75 Å². The Morgan fingerprint density at radius 2 is 1.73 bits per heavy atom. The zero-order chi connectivity index (χ0) is 15.4. The van der Waals surface area contributed by atoms with Crippen molar-refractivity contribution in [1.82, 2.24) is 4.98 Å². The standard InChI is InChI=1S/C19H15NO2/c1-14(21)22-19-9-5-3-7-16(19)11-13-17-12-10-15-6-2-4-8-18(15)20-17/h2-13H,1H3/b13-11-. The van der Waals surface area contributed by atoms with Gasteiger partial charge in [0.05, 0.1) is 11.2 Å². The van der Waals surface area contributed by atoms with E-state index in [1.165, 1.54) is 6.92 Å². The Kier molecular flexibility index (Phi) is 3.97. The second-order valence-electron chi connectivity index (χ2n) is 4.89. The molecule has 1 aromatic heterocycles. The molecule has 0 atom stereocenters. The molecule has 0 radical (unpaired) electrons. The maximum absolute atomic E-state index is 11.1. The number of para-hydroxylation sites is 2. The number of ether oxygens (including phenoxy) is 1. The maximum atomic E-state index is 11.1. The summed E-state index contributed by atoms with van der Waals surface area (Å²) in [7, 11) is 0. The van der Waals surface area contributed by atoms with Gasteiger partial charge in [-0.3, -0.25) is 4.79 Å². The molecule has 0 N–H and O–H groups in total. The van der Waals surface area contributed by atoms with Crippen molar-refractivity contribution < 1.29 is 9.53 Å². The van der Waals surface area contributed by atoms with Crippen molar-refractivity contribution in [3.63, 3.8) is 0 Å². The summed E-state index contributed by atoms with van der Waals surface area (Å²) in [6, 6.07) is 19.4. The van der Waals surface area contributed by atoms with Gasteiger partial charge in [-0.1, -0.05) is 42.5 Å². The molecule has 108 valence electrons. The van der Waals surface area contributed by atoms with Gasteiger partial charge in [0.25, 0.3) is 0 Å². The molecule has 3 heteroatoms. The molecule has 2 aromatic carbocycles. The number of pyridine rings is 1. The van der Waals surface area contributed by atoms with E-state index in [1.807, 2.05) is 66.7 Å². The predicted molar refractivity (Wildman–Crippen MR) is 88.4 cm³/mol. The molecule has 0 amide bonds. The van der Waals surface area contributed by atoms with Crippen LogP contribution in [0.15, 0.2) is 60.7 Å². The third-order valence-electron chi connectivity index (χ3n) is 3.23. The molecule has 0 saturated heterocycles. The predicted octanol–water partition coefficient (Wildman–Crippen LogP) is 4.33. The summed E-state index contributed by atoms with van der Waals surface area (Å²) in [5.74, 6) is 0.219. The second-order valence-corrected chi connectivity index (χ2v) is 4.89. The normalized spacial score (nSPS) is 11.0. The maximum Gasteiger partial charge on any atom is 0.308 e. The van der Waals surface area contributed by atoms with Gasteiger partial charge in [-0.15, -0.1) is 0 Å². The molecular weight excluding hydrogens is 274 g/mol. The summed E-state index contributed by atoms with van der Waals surface area (Å²) in [5.41, 5.74) is 2.65. The number of hydrogen-bond donors (Lipinski definition) is 0. The van der Waals surface area contributed by atoms with Crippen LogP contribution in [-0.4, -0.2) is 11.0 Å². The fourth-order valence-electron chi connectivity index (χ4n) is 2.22. The zero-order valence-electron chi connectivity index (χ0n) is 12.2. The van der Waals surface area contributed by atoms with Gasteiger partial charge in [0, 0.05) is 17.9 Å². The van der Waals surface area contributed by atoms with Crippen molar-refractivity contribution >= 4 is 29.0 Å². The van der Waals surface area contributed by atoms with Crippen LogP contribution in [0, 0.1) is 0 Å². The van der Waals surface area contributed by atoms with E-state index < -0.39 is 0 Å². The molecule has 0 bridgehead atoms. The number of aromatic nitrogens is 1. The first-order chi connectivity index (χ1) is 10.7. The Labute approximate surface area is 128 Å². The quantitative estimate of drug-likeness (QED) is 0.532. The molecule has 22 heavy (non-hydrogen) atoms. The van der Waals surface area contributed by atoms with Crippen LogP contribution >= 0.6 is 0 Å². The SMILES string of the molecule is CC(=O)Oc1ccccc1/C=C\c1ccc2ccccc2n1. The van der Waals surface area contributed by atoms with Crippen molar-refractivity contribution in [2.24, 2.45) is 0 Å². The summed E-state index contributed by atoms with van der Waals surface area (Å²) in [6.07, 6.45) is 3.81. The van der Waals surface area contributed by atoms with Crippen molar-refractivity contribution in [2.45, 2.75) is 6.92 Å². The minimum Gasteiger partial charge on any atom is -0.426 e. The number of hydrogen-bond acceptors (Lipinski definition) is 3. The van der Waals surface area contributed by atoms with Crippen LogP contribution in [0.3, 0.4) is 0 Å². The summed E-state index contributed by atoms with van der Waals surface area (Å²) in [5, 5.41) is 1.11. The van der Waals surface area contributed by atoms with E-state index in [-0.39, 0.29) is 5.97 Å². The highest BCUT2D eigenvalue weighted by Gasteiger charge is 2.02. The van der Waals surface area contributed by atoms with Gasteiger partial charge in [-0.05, 0) is 30.4 Å². The second kappa shape index (κ2) is 6.22. The minimum atomic E-state index is -0.329. The van der Waals surface area contributed by atoms with Crippen molar-refractivity contribution in [2.75, 3.05) is 0 Å². The van der Waals surface area contributed by atoms with Gasteiger partial charge < -0.3 is 4.74 Å². The topological polar surface area (TPSA) is 39.2 Å². The first kappa shape index (κ1) is 14.0. The molecule has 0 aliphatic rings. The van der Waals surface area contributed by atoms with Crippen LogP contribution in [0.1, 0.15) is 18.2 Å². The van der Waals surface area contributed by atoms with Crippen LogP contribution in [0.25, 0.3) is 23.1 Å². The van der Waals surface area contributed by atoms with Gasteiger partial charge in [0.15, 0.2) is 0 Å². The Hall–Kier alpha value is -2.94. The smallest absolute Gasteiger partial charge is 0.308 e. The lowest BCUT2D eigenvalue weighted by Crippen LogP contribution is -2.02. The molecule has 0 saturated carbocycles. The highest BCUT2D eigenvalue weighted by molar-refractivity contribution is 5.81. The first-order valence-corrected chi connectivity index (χ1v) is 7.04. The molecule has 0 spiro atoms. The summed E-state index contributed by atoms with van der Waals surface area (Å²) in [6.45, 7) is 1.39. The van der Waals surface area contributed by atoms with E-state index >= 15 is 0 Å². The van der Waals surface area contributed by atoms with Gasteiger partial charge >= 0.3 is 5.97 Å². The number of carbonyl (C=O) groups is 1. The minimum absolute atomic E-state index is 0.329. The van der Waals surface area contributed by atoms with E-state index in [4.69, 9.17) is 4.74 Å². The monoisotopic (exact) mass is 289 g/mol. The Morgan fingerprint density at radius 3 is 2.59 bits per heavy atom. The van der Waals surface area contributed by atoms with Crippen molar-refractivity contribution in [3.8, 4) is 5.75 Å². The number of fused-ring (bicyclic) bond motifs is 1. The van der Waals surface area contributed by atoms with E-state index in [2.05, 4.69) is 4.98 Å². The van der Waals surface area contributed by atoms with Gasteiger partial charge in [0.2, 0.25) is 0 Å². The van der Waals surface area contributed by atoms with Crippen LogP contribution in [0.5, 0.6) is 5.75 Å². The number of esters is 1. The average molecular weight is 289 g/mol. The first-order valence-electron chi connectivity index (χ1n) is 7.04. The third-order valence-corrected chi connectivity index (χ3v) is 3.23. The number of benzene rings is 2. The fourth-order valence-corrected chi connectivity index (χ4v) is 2.22. The largest absolute Gasteiger partial charge is 0.426 e. The number of nitrogens with zero attached hydrogens (tertiary/aromatic N) is 1. The van der Waals surface area contributed by atoms with E-state index in [0.717, 1.165) is 22.2 Å². The molecule has 0 unspecified atom stereocenters. The van der Waals surface area contributed by atoms with Gasteiger partial charge in [0.1, 0.15) is 5.75 Å². The third kappa shape index (κ3) is 3.20. The van der Waals surface area contributed by atoms with Crippen LogP contribution in [0.4, 0.5) is 0 Å². The highest BCUT2D eigenvalue weighted by Crippen LogP contribution is 2.21. The van der Waals surface area contributed by atoms with Crippen molar-refractivity contribution in [1.29, 1.82) is 0 Å². The molecule has 0 aliphatic carbocycles. The molecule has 3 rings (SSSR count). The number of rotatable bonds is 3. The molecule has 3 nitrogen and oxygen atoms in total. The molecule has 3 aromatic rings. The molecular formula is C19H15NO2. The van der Waals surface area contributed by atoms with Crippen LogP contribution in [0.2, 0.25) is 0 Å². The summed E-state index contributed by atoms with van der Waals surface area (Å²) < 4.78 is 5.19. The van der Waals surface area contributed by atoms with Gasteiger partial charge in [-0.2, -0.15) is 0 Å². The van der Waals surface area contributed by atoms with E-state index in [9.17, 15) is 4.79 Å². The Morgan fingerprint density at radius 1 is 0.955 bits per heavy atom. The zero-order valence-corrected chi connectivity index (χ0v) is 12.2. The number of carbonyl (C=O) groups excluding carboxylic acids is 1. The van der Waals surface area contributed by atoms with E-state index in [1.54, 1.807) is 6.07 Å². The Balaban J connectivity index is 1.91. The summed E-state index contributed by atoms with van der Waals surface area (Å²) in [4.78, 5) is 15.7. The Bertz CT molecular complexity index is 853. The molecule has 0 fully saturated rings. The lowest BCUT2D eigenvalue weighted by atomic mass is 10.1. The fraction of sp³-hybridized carbons (Fsp3) is 0.0526. The van der Waals surface area contributed by atoms with Crippen molar-refractivity contribution in [3.05, 3.63) is 71.9 Å². The van der Waals surface area contributed by atoms with Crippen LogP contribution in [-0.2, 0) is 4.79 Å². The molecule has 1 heterocycles. The molecule has 0 aliphatic heterocycles.